The molecule has 0 saturated heterocycles. The summed E-state index contributed by atoms with van der Waals surface area (Å²) < 4.78 is 66.9. The molecule has 0 spiro atoms. The van der Waals surface area contributed by atoms with Crippen LogP contribution in [0.5, 0.6) is 0 Å². The standard InChI is InChI=1S/C22H15ClF2N6O7S2.2Na/c1-10(32)26-17-8-12(27-21-19(23)20(24)28-22(25)29-21)4-5-16(17)31-30-13-3-2-11-6-14(39-38-37-33)9-18(15(11)7-13)40(34,35)36;;/h2-9,33H,1H3,(H,26,32)(H,27,28,29)(H,34,35,36);;/q;2*+1/p-2. The molecular formula is C22H13ClF2N6Na2O7S2. The van der Waals surface area contributed by atoms with E-state index in [2.05, 4.69) is 40.2 Å². The van der Waals surface area contributed by atoms with Gasteiger partial charge in [0.05, 0.1) is 28.3 Å². The van der Waals surface area contributed by atoms with Crippen LogP contribution in [0.1, 0.15) is 6.92 Å². The maximum atomic E-state index is 13.7. The zero-order valence-corrected chi connectivity index (χ0v) is 28.1. The van der Waals surface area contributed by atoms with Crippen molar-refractivity contribution in [1.82, 2.24) is 9.97 Å². The Kier molecular flexibility index (Phi) is 13.6. The molecule has 0 aliphatic rings. The molecule has 0 saturated carbocycles. The molecule has 13 nitrogen and oxygen atoms in total. The molecule has 1 heterocycles. The molecule has 20 heteroatoms. The SMILES string of the molecule is CC(=O)Nc1cc(Nc2nc(F)nc(F)c2Cl)ccc1N=Nc1ccc2cc(SOO[O-])cc(S(=O)(=O)[O-])c2c1.[Na+].[Na+]. The van der Waals surface area contributed by atoms with Crippen molar-refractivity contribution in [3.8, 4) is 0 Å². The topological polar surface area (TPSA) is 190 Å². The van der Waals surface area contributed by atoms with Gasteiger partial charge in [0.25, 0.3) is 0 Å². The van der Waals surface area contributed by atoms with Gasteiger partial charge < -0.3 is 20.4 Å². The first kappa shape index (κ1) is 36.4. The number of carbonyl (C=O) groups is 1. The van der Waals surface area contributed by atoms with Crippen molar-refractivity contribution in [3.63, 3.8) is 0 Å². The van der Waals surface area contributed by atoms with Crippen LogP contribution in [-0.4, -0.2) is 28.8 Å². The Bertz CT molecular complexity index is 1770. The summed E-state index contributed by atoms with van der Waals surface area (Å²) >= 11 is 6.20. The largest absolute Gasteiger partial charge is 1.00 e. The van der Waals surface area contributed by atoms with Gasteiger partial charge in [0.1, 0.15) is 20.8 Å². The third-order valence-corrected chi connectivity index (χ3v) is 6.69. The van der Waals surface area contributed by atoms with Gasteiger partial charge in [-0.1, -0.05) is 17.7 Å². The van der Waals surface area contributed by atoms with Crippen LogP contribution in [0.3, 0.4) is 0 Å². The number of anilines is 3. The van der Waals surface area contributed by atoms with E-state index in [4.69, 9.17) is 11.6 Å². The van der Waals surface area contributed by atoms with Crippen LogP contribution in [0, 0.1) is 12.0 Å². The Balaban J connectivity index is 0.00000308. The average molecular weight is 657 g/mol. The third-order valence-electron chi connectivity index (χ3n) is 4.93. The number of amides is 1. The van der Waals surface area contributed by atoms with E-state index >= 15 is 0 Å². The van der Waals surface area contributed by atoms with Crippen LogP contribution in [0.4, 0.5) is 37.3 Å². The van der Waals surface area contributed by atoms with Gasteiger partial charge in [0.15, 0.2) is 5.82 Å². The predicted molar refractivity (Wildman–Crippen MR) is 135 cm³/mol. The van der Waals surface area contributed by atoms with Crippen molar-refractivity contribution < 1.29 is 100 Å². The monoisotopic (exact) mass is 656 g/mol. The Morgan fingerprint density at radius 1 is 1.07 bits per heavy atom. The van der Waals surface area contributed by atoms with Crippen molar-refractivity contribution >= 4 is 79.0 Å². The van der Waals surface area contributed by atoms with E-state index < -0.39 is 38.0 Å². The molecule has 2 N–H and O–H groups in total. The Hall–Kier alpha value is -1.84. The van der Waals surface area contributed by atoms with Gasteiger partial charge in [-0.2, -0.15) is 28.2 Å². The summed E-state index contributed by atoms with van der Waals surface area (Å²) in [6, 6.07) is 10.9. The molecule has 0 fully saturated rings. The van der Waals surface area contributed by atoms with Crippen molar-refractivity contribution in [2.45, 2.75) is 16.7 Å². The minimum Gasteiger partial charge on any atom is -0.744 e. The van der Waals surface area contributed by atoms with Crippen molar-refractivity contribution in [1.29, 1.82) is 0 Å². The van der Waals surface area contributed by atoms with Gasteiger partial charge in [-0.05, 0) is 47.9 Å². The molecule has 0 atom stereocenters. The zero-order valence-electron chi connectivity index (χ0n) is 21.7. The van der Waals surface area contributed by atoms with E-state index in [-0.39, 0.29) is 98.0 Å². The molecule has 1 aromatic heterocycles. The number of carbonyl (C=O) groups excluding carboxylic acids is 1. The Morgan fingerprint density at radius 3 is 2.48 bits per heavy atom. The van der Waals surface area contributed by atoms with Gasteiger partial charge in [0.2, 0.25) is 11.9 Å². The van der Waals surface area contributed by atoms with Crippen LogP contribution >= 0.6 is 23.6 Å². The smallest absolute Gasteiger partial charge is 0.744 e. The summed E-state index contributed by atoms with van der Waals surface area (Å²) in [5, 5.41) is 26.4. The molecule has 1 amide bonds. The van der Waals surface area contributed by atoms with Crippen LogP contribution < -0.4 is 75.0 Å². The van der Waals surface area contributed by atoms with Gasteiger partial charge in [-0.3, -0.25) is 9.83 Å². The molecule has 42 heavy (non-hydrogen) atoms. The number of hydrogen-bond donors (Lipinski definition) is 2. The van der Waals surface area contributed by atoms with Crippen molar-refractivity contribution in [2.75, 3.05) is 10.6 Å². The van der Waals surface area contributed by atoms with Crippen LogP contribution in [-0.2, 0) is 24.3 Å². The molecule has 0 unspecified atom stereocenters. The Labute approximate surface area is 289 Å². The van der Waals surface area contributed by atoms with Gasteiger partial charge in [0, 0.05) is 22.9 Å². The van der Waals surface area contributed by atoms with Crippen LogP contribution in [0.2, 0.25) is 5.02 Å². The fourth-order valence-electron chi connectivity index (χ4n) is 3.37. The van der Waals surface area contributed by atoms with Crippen molar-refractivity contribution in [2.24, 2.45) is 10.2 Å². The van der Waals surface area contributed by atoms with E-state index in [1.807, 2.05) is 0 Å². The summed E-state index contributed by atoms with van der Waals surface area (Å²) in [4.78, 5) is 17.6. The van der Waals surface area contributed by atoms with Gasteiger partial charge in [-0.15, -0.1) is 5.11 Å². The van der Waals surface area contributed by atoms with E-state index in [0.717, 1.165) is 6.07 Å². The number of halogens is 3. The first-order chi connectivity index (χ1) is 18.9. The molecule has 0 radical (unpaired) electrons. The quantitative estimate of drug-likeness (QED) is 0.0322. The maximum Gasteiger partial charge on any atom is 1.00 e. The van der Waals surface area contributed by atoms with Crippen LogP contribution in [0.25, 0.3) is 10.8 Å². The average Bonchev–Trinajstić information content (AvgIpc) is 2.88. The first-order valence-corrected chi connectivity index (χ1v) is 13.1. The molecule has 4 aromatic rings. The zero-order chi connectivity index (χ0) is 29.0. The van der Waals surface area contributed by atoms with Crippen molar-refractivity contribution in [3.05, 3.63) is 65.6 Å². The third kappa shape index (κ3) is 9.33. The predicted octanol–water partition coefficient (Wildman–Crippen LogP) is -1.18. The number of rotatable bonds is 9. The molecular weight excluding hydrogens is 644 g/mol. The number of azo groups is 1. The minimum absolute atomic E-state index is 0. The van der Waals surface area contributed by atoms with Crippen LogP contribution in [0.15, 0.2) is 68.6 Å². The second kappa shape index (κ2) is 15.8. The van der Waals surface area contributed by atoms with E-state index in [1.54, 1.807) is 0 Å². The molecule has 0 aliphatic carbocycles. The normalized spacial score (nSPS) is 11.2. The Morgan fingerprint density at radius 2 is 1.81 bits per heavy atom. The number of nitrogens with one attached hydrogen (secondary N) is 2. The number of hydrogen-bond acceptors (Lipinski definition) is 13. The summed E-state index contributed by atoms with van der Waals surface area (Å²) in [5.74, 6) is -2.10. The summed E-state index contributed by atoms with van der Waals surface area (Å²) in [6.07, 6.45) is -1.35. The minimum atomic E-state index is -4.95. The molecule has 208 valence electrons. The summed E-state index contributed by atoms with van der Waals surface area (Å²) in [6.45, 7) is 1.24. The van der Waals surface area contributed by atoms with Gasteiger partial charge in [-0.25, -0.2) is 8.42 Å². The number of nitrogens with zero attached hydrogens (tertiary/aromatic N) is 4. The molecule has 3 aromatic carbocycles. The first-order valence-electron chi connectivity index (χ1n) is 10.6. The second-order valence-corrected chi connectivity index (χ2v) is 10.2. The number of aromatic nitrogens is 2. The van der Waals surface area contributed by atoms with E-state index in [9.17, 15) is 31.8 Å². The maximum absolute atomic E-state index is 13.7. The fourth-order valence-corrected chi connectivity index (χ4v) is 4.74. The second-order valence-electron chi connectivity index (χ2n) is 7.68. The summed E-state index contributed by atoms with van der Waals surface area (Å²) in [5.41, 5.74) is 0.646. The fraction of sp³-hybridized carbons (Fsp3) is 0.0455. The molecule has 0 aliphatic heterocycles. The van der Waals surface area contributed by atoms with E-state index in [0.29, 0.717) is 17.4 Å². The number of benzene rings is 3. The molecule has 0 bridgehead atoms. The summed E-state index contributed by atoms with van der Waals surface area (Å²) in [7, 11) is -4.95. The number of fused-ring (bicyclic) bond motifs is 1. The molecule has 4 rings (SSSR count). The van der Waals surface area contributed by atoms with E-state index in [1.165, 1.54) is 49.4 Å². The van der Waals surface area contributed by atoms with Gasteiger partial charge >= 0.3 is 65.2 Å².